The summed E-state index contributed by atoms with van der Waals surface area (Å²) in [4.78, 5) is 35.6. The van der Waals surface area contributed by atoms with E-state index in [0.29, 0.717) is 16.4 Å². The number of hydrogen-bond acceptors (Lipinski definition) is 4. The van der Waals surface area contributed by atoms with Crippen LogP contribution in [0.4, 0.5) is 11.4 Å². The zero-order valence-electron chi connectivity index (χ0n) is 15.5. The lowest BCUT2D eigenvalue weighted by Gasteiger charge is -2.10. The lowest BCUT2D eigenvalue weighted by molar-refractivity contribution is -0.147. The summed E-state index contributed by atoms with van der Waals surface area (Å²) < 4.78 is 5.90. The number of esters is 1. The average Bonchev–Trinajstić information content (AvgIpc) is 2.62. The van der Waals surface area contributed by atoms with Crippen LogP contribution in [-0.2, 0) is 19.1 Å². The summed E-state index contributed by atoms with van der Waals surface area (Å²) in [6.45, 7) is 3.42. The van der Waals surface area contributed by atoms with Crippen LogP contribution in [0.25, 0.3) is 0 Å². The molecule has 0 spiro atoms. The Labute approximate surface area is 176 Å². The van der Waals surface area contributed by atoms with Crippen molar-refractivity contribution in [3.63, 3.8) is 0 Å². The molecule has 0 fully saturated rings. The Morgan fingerprint density at radius 1 is 0.964 bits per heavy atom. The molecule has 2 rings (SSSR count). The van der Waals surface area contributed by atoms with Gasteiger partial charge in [0.1, 0.15) is 0 Å². The summed E-state index contributed by atoms with van der Waals surface area (Å²) in [5.74, 6) is -1.41. The molecule has 0 aliphatic carbocycles. The monoisotopic (exact) mass is 466 g/mol. The second kappa shape index (κ2) is 10.2. The second-order valence-electron chi connectivity index (χ2n) is 6.19. The molecule has 0 aliphatic rings. The van der Waals surface area contributed by atoms with Gasteiger partial charge in [-0.1, -0.05) is 33.6 Å². The number of benzene rings is 2. The zero-order chi connectivity index (χ0) is 20.7. The van der Waals surface area contributed by atoms with Crippen LogP contribution in [0.15, 0.2) is 40.9 Å². The van der Waals surface area contributed by atoms with Crippen LogP contribution in [-0.4, -0.2) is 24.4 Å². The lowest BCUT2D eigenvalue weighted by atomic mass is 10.1. The van der Waals surface area contributed by atoms with E-state index in [1.807, 2.05) is 26.0 Å². The topological polar surface area (TPSA) is 84.5 Å². The number of ether oxygens (including phenoxy) is 1. The molecule has 0 aromatic heterocycles. The SMILES string of the molecule is Cc1cc(NC(=O)COC(=O)CCC(=O)Nc2cccc(Cl)c2)cc(C)c1Br. The van der Waals surface area contributed by atoms with E-state index in [1.165, 1.54) is 0 Å². The minimum absolute atomic E-state index is 0.0575. The van der Waals surface area contributed by atoms with Crippen LogP contribution in [0.3, 0.4) is 0 Å². The van der Waals surface area contributed by atoms with E-state index in [4.69, 9.17) is 16.3 Å². The van der Waals surface area contributed by atoms with E-state index in [-0.39, 0.29) is 18.7 Å². The Balaban J connectivity index is 1.73. The number of amides is 2. The molecular formula is C20H20BrClN2O4. The fourth-order valence-corrected chi connectivity index (χ4v) is 2.86. The molecule has 2 aromatic rings. The minimum Gasteiger partial charge on any atom is -0.456 e. The molecule has 0 aliphatic heterocycles. The predicted molar refractivity (Wildman–Crippen MR) is 113 cm³/mol. The number of rotatable bonds is 7. The van der Waals surface area contributed by atoms with Crippen LogP contribution in [0.2, 0.25) is 5.02 Å². The van der Waals surface area contributed by atoms with Crippen molar-refractivity contribution < 1.29 is 19.1 Å². The fraction of sp³-hybridized carbons (Fsp3) is 0.250. The summed E-state index contributed by atoms with van der Waals surface area (Å²) >= 11 is 9.31. The van der Waals surface area contributed by atoms with Crippen molar-refractivity contribution in [1.29, 1.82) is 0 Å². The summed E-state index contributed by atoms with van der Waals surface area (Å²) in [7, 11) is 0. The molecule has 0 saturated heterocycles. The van der Waals surface area contributed by atoms with Crippen molar-refractivity contribution in [2.45, 2.75) is 26.7 Å². The number of halogens is 2. The molecule has 0 atom stereocenters. The minimum atomic E-state index is -0.625. The molecule has 28 heavy (non-hydrogen) atoms. The van der Waals surface area contributed by atoms with Gasteiger partial charge in [0.2, 0.25) is 5.91 Å². The molecule has 0 radical (unpaired) electrons. The zero-order valence-corrected chi connectivity index (χ0v) is 17.8. The molecule has 0 heterocycles. The summed E-state index contributed by atoms with van der Waals surface area (Å²) in [6, 6.07) is 10.3. The van der Waals surface area contributed by atoms with Crippen molar-refractivity contribution in [2.24, 2.45) is 0 Å². The van der Waals surface area contributed by atoms with E-state index in [1.54, 1.807) is 24.3 Å². The van der Waals surface area contributed by atoms with E-state index in [0.717, 1.165) is 15.6 Å². The van der Waals surface area contributed by atoms with Gasteiger partial charge >= 0.3 is 5.97 Å². The summed E-state index contributed by atoms with van der Waals surface area (Å²) in [6.07, 6.45) is -0.186. The quantitative estimate of drug-likeness (QED) is 0.582. The van der Waals surface area contributed by atoms with Crippen molar-refractivity contribution >= 4 is 56.7 Å². The number of aryl methyl sites for hydroxylation is 2. The third-order valence-electron chi connectivity index (χ3n) is 3.75. The molecule has 0 unspecified atom stereocenters. The standard InChI is InChI=1S/C20H20BrClN2O4/c1-12-8-16(9-13(2)20(12)21)24-18(26)11-28-19(27)7-6-17(25)23-15-5-3-4-14(22)10-15/h3-5,8-10H,6-7,11H2,1-2H3,(H,23,25)(H,24,26). The maximum absolute atomic E-state index is 11.9. The second-order valence-corrected chi connectivity index (χ2v) is 7.42. The third-order valence-corrected chi connectivity index (χ3v) is 5.23. The highest BCUT2D eigenvalue weighted by Crippen LogP contribution is 2.25. The Hall–Kier alpha value is -2.38. The average molecular weight is 468 g/mol. The lowest BCUT2D eigenvalue weighted by Crippen LogP contribution is -2.22. The van der Waals surface area contributed by atoms with Crippen LogP contribution in [0.5, 0.6) is 0 Å². The summed E-state index contributed by atoms with van der Waals surface area (Å²) in [5.41, 5.74) is 3.14. The smallest absolute Gasteiger partial charge is 0.306 e. The maximum Gasteiger partial charge on any atom is 0.306 e. The number of carbonyl (C=O) groups is 3. The van der Waals surface area contributed by atoms with Crippen molar-refractivity contribution in [1.82, 2.24) is 0 Å². The molecule has 0 saturated carbocycles. The largest absolute Gasteiger partial charge is 0.456 e. The Morgan fingerprint density at radius 2 is 1.61 bits per heavy atom. The van der Waals surface area contributed by atoms with E-state index in [2.05, 4.69) is 26.6 Å². The van der Waals surface area contributed by atoms with Gasteiger partial charge in [-0.2, -0.15) is 0 Å². The molecule has 2 amide bonds. The van der Waals surface area contributed by atoms with Gasteiger partial charge in [-0.15, -0.1) is 0 Å². The number of nitrogens with one attached hydrogen (secondary N) is 2. The highest BCUT2D eigenvalue weighted by Gasteiger charge is 2.12. The number of hydrogen-bond donors (Lipinski definition) is 2. The molecule has 6 nitrogen and oxygen atoms in total. The van der Waals surface area contributed by atoms with Gasteiger partial charge in [0.25, 0.3) is 5.91 Å². The van der Waals surface area contributed by atoms with Gasteiger partial charge in [0.05, 0.1) is 6.42 Å². The first kappa shape index (κ1) is 21.9. The van der Waals surface area contributed by atoms with Crippen LogP contribution < -0.4 is 10.6 Å². The Kier molecular flexibility index (Phi) is 8.02. The van der Waals surface area contributed by atoms with Crippen molar-refractivity contribution in [3.05, 3.63) is 57.0 Å². The third kappa shape index (κ3) is 6.98. The predicted octanol–water partition coefficient (Wildman–Crippen LogP) is 4.62. The van der Waals surface area contributed by atoms with Crippen LogP contribution >= 0.6 is 27.5 Å². The molecular weight excluding hydrogens is 448 g/mol. The van der Waals surface area contributed by atoms with Gasteiger partial charge in [-0.25, -0.2) is 0 Å². The van der Waals surface area contributed by atoms with Gasteiger partial charge in [-0.05, 0) is 55.3 Å². The fourth-order valence-electron chi connectivity index (χ4n) is 2.44. The summed E-state index contributed by atoms with van der Waals surface area (Å²) in [5, 5.41) is 5.82. The van der Waals surface area contributed by atoms with E-state index < -0.39 is 18.5 Å². The van der Waals surface area contributed by atoms with Gasteiger partial charge in [-0.3, -0.25) is 14.4 Å². The molecule has 8 heteroatoms. The molecule has 2 N–H and O–H groups in total. The first-order valence-corrected chi connectivity index (χ1v) is 9.69. The molecule has 0 bridgehead atoms. The Morgan fingerprint density at radius 3 is 2.25 bits per heavy atom. The van der Waals surface area contributed by atoms with Gasteiger partial charge in [0, 0.05) is 27.3 Å². The van der Waals surface area contributed by atoms with Crippen molar-refractivity contribution in [3.8, 4) is 0 Å². The molecule has 2 aromatic carbocycles. The Bertz CT molecular complexity index is 879. The first-order valence-electron chi connectivity index (χ1n) is 8.52. The first-order chi connectivity index (χ1) is 13.2. The van der Waals surface area contributed by atoms with Crippen LogP contribution in [0, 0.1) is 13.8 Å². The van der Waals surface area contributed by atoms with Crippen LogP contribution in [0.1, 0.15) is 24.0 Å². The van der Waals surface area contributed by atoms with E-state index in [9.17, 15) is 14.4 Å². The van der Waals surface area contributed by atoms with Crippen molar-refractivity contribution in [2.75, 3.05) is 17.2 Å². The molecule has 148 valence electrons. The number of anilines is 2. The van der Waals surface area contributed by atoms with Gasteiger partial charge < -0.3 is 15.4 Å². The van der Waals surface area contributed by atoms with Gasteiger partial charge in [0.15, 0.2) is 6.61 Å². The normalized spacial score (nSPS) is 10.3. The highest BCUT2D eigenvalue weighted by atomic mass is 79.9. The maximum atomic E-state index is 11.9. The number of carbonyl (C=O) groups excluding carboxylic acids is 3. The highest BCUT2D eigenvalue weighted by molar-refractivity contribution is 9.10. The van der Waals surface area contributed by atoms with E-state index >= 15 is 0 Å².